The zero-order chi connectivity index (χ0) is 16.7. The number of carbonyl (C=O) groups is 3. The second kappa shape index (κ2) is 8.60. The number of likely N-dealkylation sites (N-methyl/N-ethyl adjacent to an activating group) is 1. The van der Waals surface area contributed by atoms with E-state index in [9.17, 15) is 14.4 Å². The molecule has 0 bridgehead atoms. The van der Waals surface area contributed by atoms with Gasteiger partial charge in [0.15, 0.2) is 6.10 Å². The third kappa shape index (κ3) is 5.54. The molecule has 0 spiro atoms. The summed E-state index contributed by atoms with van der Waals surface area (Å²) >= 11 is 11.6. The number of ether oxygens (including phenoxy) is 1. The van der Waals surface area contributed by atoms with E-state index >= 15 is 0 Å². The van der Waals surface area contributed by atoms with E-state index in [0.29, 0.717) is 11.6 Å². The molecule has 1 atom stereocenters. The number of hydrogen-bond donors (Lipinski definition) is 2. The number of hydrogen-bond acceptors (Lipinski definition) is 4. The highest BCUT2D eigenvalue weighted by molar-refractivity contribution is 6.36. The van der Waals surface area contributed by atoms with Gasteiger partial charge in [0.25, 0.3) is 11.8 Å². The monoisotopic (exact) mass is 346 g/mol. The predicted octanol–water partition coefficient (Wildman–Crippen LogP) is 1.79. The minimum Gasteiger partial charge on any atom is -0.451 e. The molecule has 1 aromatic carbocycles. The molecule has 0 radical (unpaired) electrons. The number of amides is 2. The molecule has 1 rings (SSSR count). The van der Waals surface area contributed by atoms with E-state index in [1.807, 2.05) is 0 Å². The summed E-state index contributed by atoms with van der Waals surface area (Å²) < 4.78 is 4.88. The fourth-order valence-electron chi connectivity index (χ4n) is 1.53. The van der Waals surface area contributed by atoms with E-state index in [1.165, 1.54) is 25.1 Å². The first kappa shape index (κ1) is 18.3. The van der Waals surface area contributed by atoms with Crippen molar-refractivity contribution in [3.05, 3.63) is 33.8 Å². The SMILES string of the molecule is CCNC(=O)[C@@H](C)OC(=O)CNC(=O)c1ccc(Cl)cc1Cl. The summed E-state index contributed by atoms with van der Waals surface area (Å²) in [6.45, 7) is 3.26. The van der Waals surface area contributed by atoms with Crippen LogP contribution in [0.3, 0.4) is 0 Å². The first-order valence-electron chi connectivity index (χ1n) is 6.55. The predicted molar refractivity (Wildman–Crippen MR) is 83.0 cm³/mol. The molecular formula is C14H16Cl2N2O4. The molecule has 2 N–H and O–H groups in total. The number of carbonyl (C=O) groups excluding carboxylic acids is 3. The van der Waals surface area contributed by atoms with Crippen molar-refractivity contribution in [1.29, 1.82) is 0 Å². The molecule has 6 nitrogen and oxygen atoms in total. The van der Waals surface area contributed by atoms with Crippen LogP contribution in [0.1, 0.15) is 24.2 Å². The van der Waals surface area contributed by atoms with Crippen LogP contribution in [0, 0.1) is 0 Å². The Morgan fingerprint density at radius 3 is 2.50 bits per heavy atom. The van der Waals surface area contributed by atoms with Crippen molar-refractivity contribution >= 4 is 41.0 Å². The molecule has 0 unspecified atom stereocenters. The molecule has 120 valence electrons. The van der Waals surface area contributed by atoms with E-state index < -0.39 is 23.9 Å². The summed E-state index contributed by atoms with van der Waals surface area (Å²) in [6.07, 6.45) is -0.927. The lowest BCUT2D eigenvalue weighted by molar-refractivity contribution is -0.153. The van der Waals surface area contributed by atoms with Gasteiger partial charge >= 0.3 is 5.97 Å². The summed E-state index contributed by atoms with van der Waals surface area (Å²) in [5, 5.41) is 5.46. The molecule has 0 saturated carbocycles. The second-order valence-electron chi connectivity index (χ2n) is 4.33. The highest BCUT2D eigenvalue weighted by atomic mass is 35.5. The molecule has 0 aliphatic carbocycles. The van der Waals surface area contributed by atoms with Crippen LogP contribution in [0.5, 0.6) is 0 Å². The maximum absolute atomic E-state index is 11.9. The molecule has 0 aromatic heterocycles. The van der Waals surface area contributed by atoms with Crippen molar-refractivity contribution in [3.63, 3.8) is 0 Å². The highest BCUT2D eigenvalue weighted by Crippen LogP contribution is 2.20. The van der Waals surface area contributed by atoms with Crippen LogP contribution in [-0.4, -0.2) is 37.0 Å². The summed E-state index contributed by atoms with van der Waals surface area (Å²) in [5.41, 5.74) is 0.190. The van der Waals surface area contributed by atoms with Crippen LogP contribution in [0.4, 0.5) is 0 Å². The molecule has 0 saturated heterocycles. The Morgan fingerprint density at radius 2 is 1.91 bits per heavy atom. The summed E-state index contributed by atoms with van der Waals surface area (Å²) in [5.74, 6) is -1.66. The van der Waals surface area contributed by atoms with Gasteiger partial charge in [-0.2, -0.15) is 0 Å². The Hall–Kier alpha value is -1.79. The smallest absolute Gasteiger partial charge is 0.326 e. The van der Waals surface area contributed by atoms with Crippen LogP contribution in [0.2, 0.25) is 10.0 Å². The van der Waals surface area contributed by atoms with Gasteiger partial charge in [0, 0.05) is 11.6 Å². The average Bonchev–Trinajstić information content (AvgIpc) is 2.45. The maximum Gasteiger partial charge on any atom is 0.326 e. The molecule has 0 heterocycles. The molecule has 0 aliphatic rings. The van der Waals surface area contributed by atoms with Crippen molar-refractivity contribution in [2.75, 3.05) is 13.1 Å². The Kier molecular flexibility index (Phi) is 7.14. The highest BCUT2D eigenvalue weighted by Gasteiger charge is 2.18. The van der Waals surface area contributed by atoms with Gasteiger partial charge in [0.1, 0.15) is 6.54 Å². The molecule has 22 heavy (non-hydrogen) atoms. The first-order valence-corrected chi connectivity index (χ1v) is 7.31. The Labute approximate surface area is 138 Å². The normalized spacial score (nSPS) is 11.5. The van der Waals surface area contributed by atoms with Crippen LogP contribution in [-0.2, 0) is 14.3 Å². The van der Waals surface area contributed by atoms with Crippen LogP contribution in [0.25, 0.3) is 0 Å². The number of esters is 1. The second-order valence-corrected chi connectivity index (χ2v) is 5.18. The summed E-state index contributed by atoms with van der Waals surface area (Å²) in [4.78, 5) is 34.9. The standard InChI is InChI=1S/C14H16Cl2N2O4/c1-3-17-13(20)8(2)22-12(19)7-18-14(21)10-5-4-9(15)6-11(10)16/h4-6,8H,3,7H2,1-2H3,(H,17,20)(H,18,21)/t8-/m1/s1. The van der Waals surface area contributed by atoms with Gasteiger partial charge in [-0.25, -0.2) is 0 Å². The first-order chi connectivity index (χ1) is 10.3. The molecule has 2 amide bonds. The van der Waals surface area contributed by atoms with Gasteiger partial charge in [-0.3, -0.25) is 14.4 Å². The van der Waals surface area contributed by atoms with Gasteiger partial charge in [-0.1, -0.05) is 23.2 Å². The zero-order valence-corrected chi connectivity index (χ0v) is 13.6. The Bertz CT molecular complexity index is 578. The van der Waals surface area contributed by atoms with Crippen molar-refractivity contribution in [3.8, 4) is 0 Å². The van der Waals surface area contributed by atoms with E-state index in [-0.39, 0.29) is 17.1 Å². The van der Waals surface area contributed by atoms with E-state index in [4.69, 9.17) is 27.9 Å². The minimum atomic E-state index is -0.927. The van der Waals surface area contributed by atoms with Crippen LogP contribution >= 0.6 is 23.2 Å². The van der Waals surface area contributed by atoms with Gasteiger partial charge < -0.3 is 15.4 Å². The Balaban J connectivity index is 2.50. The lowest BCUT2D eigenvalue weighted by Crippen LogP contribution is -2.38. The van der Waals surface area contributed by atoms with Gasteiger partial charge in [-0.15, -0.1) is 0 Å². The van der Waals surface area contributed by atoms with Crippen molar-refractivity contribution < 1.29 is 19.1 Å². The van der Waals surface area contributed by atoms with E-state index in [1.54, 1.807) is 6.92 Å². The molecular weight excluding hydrogens is 331 g/mol. The topological polar surface area (TPSA) is 84.5 Å². The molecule has 0 aliphatic heterocycles. The number of halogens is 2. The quantitative estimate of drug-likeness (QED) is 0.769. The maximum atomic E-state index is 11.9. The Morgan fingerprint density at radius 1 is 1.23 bits per heavy atom. The summed E-state index contributed by atoms with van der Waals surface area (Å²) in [7, 11) is 0. The number of nitrogens with one attached hydrogen (secondary N) is 2. The van der Waals surface area contributed by atoms with Gasteiger partial charge in [0.05, 0.1) is 10.6 Å². The fraction of sp³-hybridized carbons (Fsp3) is 0.357. The van der Waals surface area contributed by atoms with Gasteiger partial charge in [-0.05, 0) is 32.0 Å². The number of benzene rings is 1. The van der Waals surface area contributed by atoms with Crippen molar-refractivity contribution in [2.24, 2.45) is 0 Å². The van der Waals surface area contributed by atoms with Crippen molar-refractivity contribution in [2.45, 2.75) is 20.0 Å². The molecule has 0 fully saturated rings. The average molecular weight is 347 g/mol. The third-order valence-corrected chi connectivity index (χ3v) is 3.15. The van der Waals surface area contributed by atoms with Crippen molar-refractivity contribution in [1.82, 2.24) is 10.6 Å². The lowest BCUT2D eigenvalue weighted by Gasteiger charge is -2.13. The largest absolute Gasteiger partial charge is 0.451 e. The fourth-order valence-corrected chi connectivity index (χ4v) is 2.03. The van der Waals surface area contributed by atoms with E-state index in [2.05, 4.69) is 10.6 Å². The number of rotatable bonds is 6. The lowest BCUT2D eigenvalue weighted by atomic mass is 10.2. The third-order valence-electron chi connectivity index (χ3n) is 2.60. The van der Waals surface area contributed by atoms with Gasteiger partial charge in [0.2, 0.25) is 0 Å². The zero-order valence-electron chi connectivity index (χ0n) is 12.1. The molecule has 8 heteroatoms. The minimum absolute atomic E-state index is 0.175. The van der Waals surface area contributed by atoms with E-state index in [0.717, 1.165) is 0 Å². The molecule has 1 aromatic rings. The summed E-state index contributed by atoms with van der Waals surface area (Å²) in [6, 6.07) is 4.38. The van der Waals surface area contributed by atoms with Crippen LogP contribution < -0.4 is 10.6 Å². The van der Waals surface area contributed by atoms with Crippen LogP contribution in [0.15, 0.2) is 18.2 Å².